The molecule has 28 heavy (non-hydrogen) atoms. The lowest BCUT2D eigenvalue weighted by atomic mass is 9.93. The van der Waals surface area contributed by atoms with Crippen molar-refractivity contribution in [2.45, 2.75) is 25.8 Å². The van der Waals surface area contributed by atoms with E-state index in [4.69, 9.17) is 9.47 Å². The molecule has 3 aromatic rings. The molecule has 1 aliphatic heterocycles. The van der Waals surface area contributed by atoms with Gasteiger partial charge in [0.05, 0.1) is 7.11 Å². The number of ether oxygens (including phenoxy) is 2. The highest BCUT2D eigenvalue weighted by molar-refractivity contribution is 5.96. The summed E-state index contributed by atoms with van der Waals surface area (Å²) in [6, 6.07) is 10.7. The molecule has 0 spiro atoms. The van der Waals surface area contributed by atoms with Gasteiger partial charge in [-0.1, -0.05) is 12.1 Å². The molecule has 0 aliphatic carbocycles. The number of nitrogens with one attached hydrogen (secondary N) is 1. The number of hydrogen-bond donors (Lipinski definition) is 1. The predicted octanol–water partition coefficient (Wildman–Crippen LogP) is 4.67. The number of aromatic nitrogens is 2. The molecule has 0 amide bonds. The largest absolute Gasteiger partial charge is 0.494 e. The Hall–Kier alpha value is -2.73. The van der Waals surface area contributed by atoms with Crippen molar-refractivity contribution in [2.24, 2.45) is 5.92 Å². The molecule has 1 aromatic heterocycles. The van der Waals surface area contributed by atoms with Gasteiger partial charge >= 0.3 is 0 Å². The second-order valence-electron chi connectivity index (χ2n) is 7.19. The van der Waals surface area contributed by atoms with Gasteiger partial charge in [0.1, 0.15) is 29.2 Å². The summed E-state index contributed by atoms with van der Waals surface area (Å²) < 4.78 is 24.4. The van der Waals surface area contributed by atoms with Crippen LogP contribution in [0.2, 0.25) is 0 Å². The second kappa shape index (κ2) is 8.10. The number of nitrogens with zero attached hydrogens (tertiary/aromatic N) is 2. The van der Waals surface area contributed by atoms with Gasteiger partial charge in [-0.3, -0.25) is 0 Å². The Kier molecular flexibility index (Phi) is 5.39. The van der Waals surface area contributed by atoms with E-state index in [1.807, 2.05) is 12.1 Å². The minimum Gasteiger partial charge on any atom is -0.494 e. The van der Waals surface area contributed by atoms with Crippen molar-refractivity contribution < 1.29 is 13.9 Å². The SMILES string of the molecule is COc1cc(-c2ccc(F)cc2)cc2c(NC(C)C3CCOCC3)ncnc12. The van der Waals surface area contributed by atoms with Gasteiger partial charge in [-0.15, -0.1) is 0 Å². The molecule has 146 valence electrons. The first-order valence-corrected chi connectivity index (χ1v) is 9.58. The fourth-order valence-electron chi connectivity index (χ4n) is 3.76. The van der Waals surface area contributed by atoms with Gasteiger partial charge in [0.2, 0.25) is 0 Å². The number of fused-ring (bicyclic) bond motifs is 1. The summed E-state index contributed by atoms with van der Waals surface area (Å²) in [5.41, 5.74) is 2.60. The fraction of sp³-hybridized carbons (Fsp3) is 0.364. The van der Waals surface area contributed by atoms with E-state index in [2.05, 4.69) is 22.2 Å². The number of benzene rings is 2. The van der Waals surface area contributed by atoms with Crippen molar-refractivity contribution in [1.82, 2.24) is 9.97 Å². The van der Waals surface area contributed by atoms with Crippen LogP contribution in [0, 0.1) is 11.7 Å². The minimum atomic E-state index is -0.257. The maximum Gasteiger partial charge on any atom is 0.145 e. The van der Waals surface area contributed by atoms with Crippen LogP contribution in [0.1, 0.15) is 19.8 Å². The van der Waals surface area contributed by atoms with Crippen molar-refractivity contribution in [3.63, 3.8) is 0 Å². The summed E-state index contributed by atoms with van der Waals surface area (Å²) in [4.78, 5) is 8.92. The number of anilines is 1. The Labute approximate surface area is 163 Å². The molecule has 2 heterocycles. The van der Waals surface area contributed by atoms with E-state index in [-0.39, 0.29) is 11.9 Å². The van der Waals surface area contributed by atoms with Crippen LogP contribution in [0.15, 0.2) is 42.7 Å². The molecule has 1 saturated heterocycles. The molecule has 5 nitrogen and oxygen atoms in total. The summed E-state index contributed by atoms with van der Waals surface area (Å²) in [5, 5.41) is 4.46. The van der Waals surface area contributed by atoms with Crippen LogP contribution in [0.25, 0.3) is 22.0 Å². The number of methoxy groups -OCH3 is 1. The topological polar surface area (TPSA) is 56.3 Å². The monoisotopic (exact) mass is 381 g/mol. The molecule has 0 bridgehead atoms. The zero-order chi connectivity index (χ0) is 19.5. The van der Waals surface area contributed by atoms with Crippen LogP contribution in [-0.4, -0.2) is 36.3 Å². The van der Waals surface area contributed by atoms with Crippen LogP contribution in [-0.2, 0) is 4.74 Å². The molecule has 0 radical (unpaired) electrons. The first-order chi connectivity index (χ1) is 13.7. The number of halogens is 1. The van der Waals surface area contributed by atoms with Crippen molar-refractivity contribution in [1.29, 1.82) is 0 Å². The standard InChI is InChI=1S/C22H24FN3O2/c1-14(15-7-9-28-10-8-15)26-22-19-11-17(16-3-5-18(23)6-4-16)12-20(27-2)21(19)24-13-25-22/h3-6,11-15H,7-10H2,1-2H3,(H,24,25,26). The Morgan fingerprint density at radius 3 is 2.57 bits per heavy atom. The van der Waals surface area contributed by atoms with Crippen LogP contribution >= 0.6 is 0 Å². The summed E-state index contributed by atoms with van der Waals surface area (Å²) in [5.74, 6) is 1.74. The van der Waals surface area contributed by atoms with E-state index in [0.717, 1.165) is 53.9 Å². The molecular weight excluding hydrogens is 357 g/mol. The lowest BCUT2D eigenvalue weighted by Crippen LogP contribution is -2.31. The van der Waals surface area contributed by atoms with E-state index < -0.39 is 0 Å². The highest BCUT2D eigenvalue weighted by atomic mass is 19.1. The van der Waals surface area contributed by atoms with Gasteiger partial charge in [0.15, 0.2) is 0 Å². The molecular formula is C22H24FN3O2. The highest BCUT2D eigenvalue weighted by Crippen LogP contribution is 2.34. The Balaban J connectivity index is 1.74. The molecule has 4 rings (SSSR count). The van der Waals surface area contributed by atoms with E-state index in [9.17, 15) is 4.39 Å². The fourth-order valence-corrected chi connectivity index (χ4v) is 3.76. The molecule has 6 heteroatoms. The van der Waals surface area contributed by atoms with Gasteiger partial charge < -0.3 is 14.8 Å². The van der Waals surface area contributed by atoms with Crippen molar-refractivity contribution in [2.75, 3.05) is 25.6 Å². The molecule has 1 fully saturated rings. The lowest BCUT2D eigenvalue weighted by molar-refractivity contribution is 0.0622. The van der Waals surface area contributed by atoms with Crippen LogP contribution < -0.4 is 10.1 Å². The normalized spacial score (nSPS) is 16.1. The van der Waals surface area contributed by atoms with Crippen molar-refractivity contribution in [3.8, 4) is 16.9 Å². The molecule has 0 saturated carbocycles. The Morgan fingerprint density at radius 1 is 1.11 bits per heavy atom. The summed E-state index contributed by atoms with van der Waals surface area (Å²) in [7, 11) is 1.63. The predicted molar refractivity (Wildman–Crippen MR) is 108 cm³/mol. The third-order valence-electron chi connectivity index (χ3n) is 5.44. The van der Waals surface area contributed by atoms with E-state index in [1.54, 1.807) is 25.6 Å². The van der Waals surface area contributed by atoms with Crippen molar-refractivity contribution >= 4 is 16.7 Å². The second-order valence-corrected chi connectivity index (χ2v) is 7.19. The highest BCUT2D eigenvalue weighted by Gasteiger charge is 2.22. The summed E-state index contributed by atoms with van der Waals surface area (Å²) >= 11 is 0. The zero-order valence-electron chi connectivity index (χ0n) is 16.1. The number of hydrogen-bond acceptors (Lipinski definition) is 5. The zero-order valence-corrected chi connectivity index (χ0v) is 16.1. The molecule has 1 atom stereocenters. The molecule has 1 aliphatic rings. The minimum absolute atomic E-state index is 0.257. The number of rotatable bonds is 5. The van der Waals surface area contributed by atoms with Gasteiger partial charge in [0, 0.05) is 24.6 Å². The van der Waals surface area contributed by atoms with Crippen LogP contribution in [0.3, 0.4) is 0 Å². The average molecular weight is 381 g/mol. The third kappa shape index (κ3) is 3.78. The van der Waals surface area contributed by atoms with Gasteiger partial charge in [-0.25, -0.2) is 14.4 Å². The Morgan fingerprint density at radius 2 is 1.86 bits per heavy atom. The maximum absolute atomic E-state index is 13.3. The lowest BCUT2D eigenvalue weighted by Gasteiger charge is -2.29. The molecule has 1 N–H and O–H groups in total. The van der Waals surface area contributed by atoms with Gasteiger partial charge in [0.25, 0.3) is 0 Å². The first-order valence-electron chi connectivity index (χ1n) is 9.58. The quantitative estimate of drug-likeness (QED) is 0.696. The smallest absolute Gasteiger partial charge is 0.145 e. The third-order valence-corrected chi connectivity index (χ3v) is 5.44. The summed E-state index contributed by atoms with van der Waals surface area (Å²) in [6.45, 7) is 3.80. The maximum atomic E-state index is 13.3. The van der Waals surface area contributed by atoms with Crippen molar-refractivity contribution in [3.05, 3.63) is 48.5 Å². The van der Waals surface area contributed by atoms with E-state index in [0.29, 0.717) is 11.7 Å². The van der Waals surface area contributed by atoms with E-state index in [1.165, 1.54) is 12.1 Å². The first kappa shape index (κ1) is 18.6. The Bertz CT molecular complexity index is 956. The molecule has 1 unspecified atom stereocenters. The summed E-state index contributed by atoms with van der Waals surface area (Å²) in [6.07, 6.45) is 3.64. The molecule has 2 aromatic carbocycles. The average Bonchev–Trinajstić information content (AvgIpc) is 2.74. The van der Waals surface area contributed by atoms with Crippen LogP contribution in [0.4, 0.5) is 10.2 Å². The van der Waals surface area contributed by atoms with Crippen LogP contribution in [0.5, 0.6) is 5.75 Å². The van der Waals surface area contributed by atoms with Gasteiger partial charge in [-0.05, 0) is 61.1 Å². The van der Waals surface area contributed by atoms with Gasteiger partial charge in [-0.2, -0.15) is 0 Å². The van der Waals surface area contributed by atoms with E-state index >= 15 is 0 Å².